The molecule has 0 spiro atoms. The van der Waals surface area contributed by atoms with E-state index >= 15 is 0 Å². The van der Waals surface area contributed by atoms with Crippen molar-refractivity contribution in [2.24, 2.45) is 0 Å². The number of rotatable bonds is 6. The zero-order chi connectivity index (χ0) is 22.9. The standard InChI is InChI=1S/C26H30N4O3/c1-2-3-9-18-14-20-19-10-4-5-11-21(19)29-23(20)24(30(18)26(32)33)16-12-13-22(27-15-16)25(31)28-17-7-6-8-17/h4-5,10-13,15,17-18,24,29H,2-3,6-9,14H2,1H3,(H,28,31)(H,32,33)/t18-,24-/m0/s1. The Morgan fingerprint density at radius 2 is 2.03 bits per heavy atom. The molecule has 2 amide bonds. The zero-order valence-electron chi connectivity index (χ0n) is 18.9. The Labute approximate surface area is 193 Å². The maximum Gasteiger partial charge on any atom is 0.408 e. The Kier molecular flexibility index (Phi) is 5.79. The minimum Gasteiger partial charge on any atom is -0.465 e. The summed E-state index contributed by atoms with van der Waals surface area (Å²) in [7, 11) is 0. The molecule has 1 aliphatic heterocycles. The SMILES string of the molecule is CCCC[C@H]1Cc2c([nH]c3ccccc23)[C@H](c2ccc(C(=O)NC3CCC3)nc2)N1C(=O)O. The fourth-order valence-corrected chi connectivity index (χ4v) is 5.15. The molecular formula is C26H30N4O3. The third-order valence-corrected chi connectivity index (χ3v) is 7.12. The molecule has 3 N–H and O–H groups in total. The first-order valence-corrected chi connectivity index (χ1v) is 11.9. The number of carboxylic acid groups (broad SMARTS) is 1. The summed E-state index contributed by atoms with van der Waals surface area (Å²) in [5, 5.41) is 14.4. The summed E-state index contributed by atoms with van der Waals surface area (Å²) in [6.07, 6.45) is 7.40. The van der Waals surface area contributed by atoms with E-state index < -0.39 is 12.1 Å². The van der Waals surface area contributed by atoms with Gasteiger partial charge in [0.15, 0.2) is 0 Å². The van der Waals surface area contributed by atoms with Crippen molar-refractivity contribution in [2.75, 3.05) is 0 Å². The molecule has 0 unspecified atom stereocenters. The average molecular weight is 447 g/mol. The summed E-state index contributed by atoms with van der Waals surface area (Å²) in [6.45, 7) is 2.12. The lowest BCUT2D eigenvalue weighted by atomic mass is 9.87. The minimum absolute atomic E-state index is 0.110. The molecule has 1 aromatic carbocycles. The molecule has 1 aliphatic carbocycles. The van der Waals surface area contributed by atoms with E-state index in [1.54, 1.807) is 17.2 Å². The number of nitrogens with one attached hydrogen (secondary N) is 2. The molecule has 3 heterocycles. The van der Waals surface area contributed by atoms with Crippen molar-refractivity contribution >= 4 is 22.9 Å². The van der Waals surface area contributed by atoms with Crippen molar-refractivity contribution in [2.45, 2.75) is 70.0 Å². The number of aromatic amines is 1. The van der Waals surface area contributed by atoms with Gasteiger partial charge in [-0.25, -0.2) is 4.79 Å². The number of hydrogen-bond donors (Lipinski definition) is 3. The van der Waals surface area contributed by atoms with Crippen LogP contribution in [0, 0.1) is 0 Å². The van der Waals surface area contributed by atoms with Crippen molar-refractivity contribution in [3.63, 3.8) is 0 Å². The maximum absolute atomic E-state index is 12.5. The summed E-state index contributed by atoms with van der Waals surface area (Å²) in [4.78, 5) is 34.5. The van der Waals surface area contributed by atoms with E-state index in [0.29, 0.717) is 12.1 Å². The minimum atomic E-state index is -0.933. The van der Waals surface area contributed by atoms with E-state index in [-0.39, 0.29) is 18.0 Å². The van der Waals surface area contributed by atoms with E-state index in [1.165, 1.54) is 5.56 Å². The van der Waals surface area contributed by atoms with Crippen LogP contribution in [0.3, 0.4) is 0 Å². The van der Waals surface area contributed by atoms with Gasteiger partial charge >= 0.3 is 6.09 Å². The van der Waals surface area contributed by atoms with Crippen LogP contribution in [0.5, 0.6) is 0 Å². The van der Waals surface area contributed by atoms with Crippen LogP contribution in [0.15, 0.2) is 42.6 Å². The number of aromatic nitrogens is 2. The highest BCUT2D eigenvalue weighted by atomic mass is 16.4. The molecular weight excluding hydrogens is 416 g/mol. The molecule has 0 radical (unpaired) electrons. The largest absolute Gasteiger partial charge is 0.465 e. The second-order valence-electron chi connectivity index (χ2n) is 9.23. The second-order valence-corrected chi connectivity index (χ2v) is 9.23. The van der Waals surface area contributed by atoms with Crippen LogP contribution >= 0.6 is 0 Å². The third-order valence-electron chi connectivity index (χ3n) is 7.12. The molecule has 172 valence electrons. The van der Waals surface area contributed by atoms with Crippen molar-refractivity contribution in [1.29, 1.82) is 0 Å². The van der Waals surface area contributed by atoms with Crippen LogP contribution in [0.1, 0.15) is 78.8 Å². The Morgan fingerprint density at radius 3 is 2.70 bits per heavy atom. The molecule has 7 nitrogen and oxygen atoms in total. The first kappa shape index (κ1) is 21.5. The number of unbranched alkanes of at least 4 members (excludes halogenated alkanes) is 1. The van der Waals surface area contributed by atoms with E-state index in [1.807, 2.05) is 24.3 Å². The maximum atomic E-state index is 12.5. The Bertz CT molecular complexity index is 1170. The number of fused-ring (bicyclic) bond motifs is 3. The van der Waals surface area contributed by atoms with Gasteiger partial charge in [-0.3, -0.25) is 14.7 Å². The summed E-state index contributed by atoms with van der Waals surface area (Å²) in [5.41, 5.74) is 4.23. The summed E-state index contributed by atoms with van der Waals surface area (Å²) in [5.74, 6) is -0.169. The van der Waals surface area contributed by atoms with Gasteiger partial charge in [-0.2, -0.15) is 0 Å². The molecule has 2 atom stereocenters. The van der Waals surface area contributed by atoms with Gasteiger partial charge in [0, 0.05) is 34.9 Å². The molecule has 33 heavy (non-hydrogen) atoms. The zero-order valence-corrected chi connectivity index (χ0v) is 18.9. The van der Waals surface area contributed by atoms with Crippen LogP contribution in [0.2, 0.25) is 0 Å². The number of carbonyl (C=O) groups excluding carboxylic acids is 1. The first-order chi connectivity index (χ1) is 16.1. The molecule has 1 fully saturated rings. The number of pyridine rings is 1. The Morgan fingerprint density at radius 1 is 1.21 bits per heavy atom. The van der Waals surface area contributed by atoms with Crippen LogP contribution in [-0.4, -0.2) is 44.1 Å². The van der Waals surface area contributed by atoms with Crippen molar-refractivity contribution in [1.82, 2.24) is 20.2 Å². The van der Waals surface area contributed by atoms with Gasteiger partial charge in [-0.05, 0) is 55.4 Å². The van der Waals surface area contributed by atoms with Gasteiger partial charge in [0.05, 0.1) is 0 Å². The average Bonchev–Trinajstić information content (AvgIpc) is 3.17. The molecule has 7 heteroatoms. The Balaban J connectivity index is 1.54. The second kappa shape index (κ2) is 8.89. The van der Waals surface area contributed by atoms with Crippen molar-refractivity contribution in [3.8, 4) is 0 Å². The van der Waals surface area contributed by atoms with Crippen LogP contribution < -0.4 is 5.32 Å². The number of para-hydroxylation sites is 1. The number of amides is 2. The lowest BCUT2D eigenvalue weighted by molar-refractivity contribution is 0.0907. The molecule has 0 bridgehead atoms. The highest BCUT2D eigenvalue weighted by Gasteiger charge is 2.40. The normalized spacial score (nSPS) is 20.3. The fourth-order valence-electron chi connectivity index (χ4n) is 5.15. The smallest absolute Gasteiger partial charge is 0.408 e. The van der Waals surface area contributed by atoms with Gasteiger partial charge in [-0.15, -0.1) is 0 Å². The highest BCUT2D eigenvalue weighted by molar-refractivity contribution is 5.92. The van der Waals surface area contributed by atoms with Gasteiger partial charge in [0.1, 0.15) is 11.7 Å². The van der Waals surface area contributed by atoms with Crippen molar-refractivity contribution < 1.29 is 14.7 Å². The number of H-pyrrole nitrogens is 1. The molecule has 0 saturated heterocycles. The molecule has 3 aromatic rings. The van der Waals surface area contributed by atoms with Gasteiger partial charge < -0.3 is 15.4 Å². The number of carbonyl (C=O) groups is 2. The van der Waals surface area contributed by atoms with E-state index in [2.05, 4.69) is 28.3 Å². The lowest BCUT2D eigenvalue weighted by Gasteiger charge is -2.40. The molecule has 2 aromatic heterocycles. The van der Waals surface area contributed by atoms with E-state index in [9.17, 15) is 14.7 Å². The number of benzene rings is 1. The first-order valence-electron chi connectivity index (χ1n) is 11.9. The quantitative estimate of drug-likeness (QED) is 0.495. The van der Waals surface area contributed by atoms with Crippen LogP contribution in [0.4, 0.5) is 4.79 Å². The predicted octanol–water partition coefficient (Wildman–Crippen LogP) is 5.03. The molecule has 1 saturated carbocycles. The number of nitrogens with zero attached hydrogens (tertiary/aromatic N) is 2. The van der Waals surface area contributed by atoms with Crippen LogP contribution in [0.25, 0.3) is 10.9 Å². The van der Waals surface area contributed by atoms with Gasteiger partial charge in [-0.1, -0.05) is 44.0 Å². The number of hydrogen-bond acceptors (Lipinski definition) is 3. The topological polar surface area (TPSA) is 98.3 Å². The predicted molar refractivity (Wildman–Crippen MR) is 126 cm³/mol. The molecule has 5 rings (SSSR count). The van der Waals surface area contributed by atoms with Gasteiger partial charge in [0.2, 0.25) is 0 Å². The summed E-state index contributed by atoms with van der Waals surface area (Å²) < 4.78 is 0. The van der Waals surface area contributed by atoms with Gasteiger partial charge in [0.25, 0.3) is 5.91 Å². The molecule has 2 aliphatic rings. The fraction of sp³-hybridized carbons (Fsp3) is 0.423. The van der Waals surface area contributed by atoms with E-state index in [0.717, 1.165) is 60.7 Å². The Hall–Kier alpha value is -3.35. The summed E-state index contributed by atoms with van der Waals surface area (Å²) >= 11 is 0. The van der Waals surface area contributed by atoms with E-state index in [4.69, 9.17) is 0 Å². The monoisotopic (exact) mass is 446 g/mol. The highest BCUT2D eigenvalue weighted by Crippen LogP contribution is 2.41. The van der Waals surface area contributed by atoms with Crippen molar-refractivity contribution in [3.05, 3.63) is 65.1 Å². The van der Waals surface area contributed by atoms with Crippen LogP contribution in [-0.2, 0) is 6.42 Å². The third kappa shape index (κ3) is 3.96. The lowest BCUT2D eigenvalue weighted by Crippen LogP contribution is -2.47. The summed E-state index contributed by atoms with van der Waals surface area (Å²) in [6, 6.07) is 11.3.